The van der Waals surface area contributed by atoms with Crippen LogP contribution in [-0.4, -0.2) is 23.6 Å². The number of fused-ring (bicyclic) bond motifs is 1. The highest BCUT2D eigenvalue weighted by atomic mass is 35.5. The lowest BCUT2D eigenvalue weighted by atomic mass is 9.87. The highest BCUT2D eigenvalue weighted by Crippen LogP contribution is 2.30. The summed E-state index contributed by atoms with van der Waals surface area (Å²) >= 11 is 6.12. The minimum absolute atomic E-state index is 0. The predicted molar refractivity (Wildman–Crippen MR) is 146 cm³/mol. The van der Waals surface area contributed by atoms with E-state index in [9.17, 15) is 0 Å². The van der Waals surface area contributed by atoms with Crippen LogP contribution in [0.25, 0.3) is 10.9 Å². The molecular formula is C24H34Cl4N4. The Morgan fingerprint density at radius 2 is 1.62 bits per heavy atom. The molecule has 32 heavy (non-hydrogen) atoms. The molecule has 0 radical (unpaired) electrons. The minimum Gasteiger partial charge on any atom is -0.372 e. The van der Waals surface area contributed by atoms with Crippen LogP contribution in [0.3, 0.4) is 0 Å². The van der Waals surface area contributed by atoms with E-state index in [0.717, 1.165) is 36.1 Å². The molecule has 0 aliphatic heterocycles. The van der Waals surface area contributed by atoms with Crippen molar-refractivity contribution in [3.8, 4) is 0 Å². The summed E-state index contributed by atoms with van der Waals surface area (Å²) in [5, 5.41) is 5.37. The van der Waals surface area contributed by atoms with Crippen molar-refractivity contribution < 1.29 is 0 Å². The Morgan fingerprint density at radius 3 is 2.22 bits per heavy atom. The van der Waals surface area contributed by atoms with Crippen LogP contribution in [0.4, 0.5) is 5.69 Å². The van der Waals surface area contributed by atoms with E-state index in [-0.39, 0.29) is 48.8 Å². The van der Waals surface area contributed by atoms with Gasteiger partial charge in [0.25, 0.3) is 0 Å². The molecule has 2 aromatic carbocycles. The number of hydrogen-bond donors (Lipinski definition) is 2. The molecule has 1 unspecified atom stereocenters. The lowest BCUT2D eigenvalue weighted by Gasteiger charge is -2.34. The van der Waals surface area contributed by atoms with Crippen molar-refractivity contribution in [1.82, 2.24) is 10.3 Å². The van der Waals surface area contributed by atoms with E-state index < -0.39 is 0 Å². The van der Waals surface area contributed by atoms with Gasteiger partial charge in [-0.15, -0.1) is 37.2 Å². The summed E-state index contributed by atoms with van der Waals surface area (Å²) in [6.45, 7) is 11.4. The molecule has 0 fully saturated rings. The number of anilines is 1. The number of halogens is 4. The number of hydrogen-bond acceptors (Lipinski definition) is 4. The van der Waals surface area contributed by atoms with Crippen LogP contribution in [0.15, 0.2) is 54.7 Å². The summed E-state index contributed by atoms with van der Waals surface area (Å²) in [6.07, 6.45) is 1.80. The molecule has 0 saturated carbocycles. The third-order valence-corrected chi connectivity index (χ3v) is 5.90. The van der Waals surface area contributed by atoms with Crippen molar-refractivity contribution in [3.63, 3.8) is 0 Å². The van der Waals surface area contributed by atoms with E-state index in [1.807, 2.05) is 24.3 Å². The Hall–Kier alpha value is -1.27. The second-order valence-electron chi connectivity index (χ2n) is 7.95. The number of nitrogens with zero attached hydrogens (tertiary/aromatic N) is 2. The van der Waals surface area contributed by atoms with E-state index in [4.69, 9.17) is 17.3 Å². The molecular weight excluding hydrogens is 486 g/mol. The van der Waals surface area contributed by atoms with Crippen molar-refractivity contribution in [2.24, 2.45) is 5.73 Å². The van der Waals surface area contributed by atoms with Crippen LogP contribution < -0.4 is 16.0 Å². The second-order valence-corrected chi connectivity index (χ2v) is 8.39. The molecule has 4 nitrogen and oxygen atoms in total. The van der Waals surface area contributed by atoms with E-state index in [1.165, 1.54) is 11.3 Å². The number of nitrogens with two attached hydrogens (primary N) is 1. The topological polar surface area (TPSA) is 54.2 Å². The van der Waals surface area contributed by atoms with E-state index in [2.05, 4.69) is 67.2 Å². The zero-order chi connectivity index (χ0) is 21.0. The van der Waals surface area contributed by atoms with Gasteiger partial charge in [-0.2, -0.15) is 0 Å². The number of pyridine rings is 1. The van der Waals surface area contributed by atoms with Gasteiger partial charge in [0.05, 0.1) is 5.52 Å². The summed E-state index contributed by atoms with van der Waals surface area (Å²) in [7, 11) is 0. The quantitative estimate of drug-likeness (QED) is 0.353. The van der Waals surface area contributed by atoms with Crippen LogP contribution in [0.2, 0.25) is 5.02 Å². The number of nitrogens with one attached hydrogen (secondary N) is 1. The molecule has 0 saturated heterocycles. The number of rotatable bonds is 8. The maximum absolute atomic E-state index is 6.71. The first-order valence-electron chi connectivity index (χ1n) is 10.2. The van der Waals surface area contributed by atoms with Gasteiger partial charge in [0, 0.05) is 53.5 Å². The molecule has 3 rings (SSSR count). The third-order valence-electron chi connectivity index (χ3n) is 5.66. The Balaban J connectivity index is 0.00000320. The summed E-state index contributed by atoms with van der Waals surface area (Å²) in [6, 6.07) is 16.3. The first kappa shape index (κ1) is 30.7. The van der Waals surface area contributed by atoms with Gasteiger partial charge >= 0.3 is 0 Å². The van der Waals surface area contributed by atoms with Gasteiger partial charge in [-0.25, -0.2) is 0 Å². The monoisotopic (exact) mass is 518 g/mol. The molecule has 8 heteroatoms. The molecule has 3 N–H and O–H groups in total. The first-order chi connectivity index (χ1) is 13.9. The van der Waals surface area contributed by atoms with Crippen LogP contribution in [-0.2, 0) is 6.54 Å². The van der Waals surface area contributed by atoms with Crippen LogP contribution in [0, 0.1) is 0 Å². The SMILES string of the molecule is CCN(CC)c1ccc(CNC(C)(C)C(N)c2ccnc3cc(Cl)ccc23)cc1.Cl.Cl.Cl. The smallest absolute Gasteiger partial charge is 0.0720 e. The fourth-order valence-corrected chi connectivity index (χ4v) is 3.82. The largest absolute Gasteiger partial charge is 0.372 e. The average molecular weight is 520 g/mol. The summed E-state index contributed by atoms with van der Waals surface area (Å²) < 4.78 is 0. The summed E-state index contributed by atoms with van der Waals surface area (Å²) in [5.41, 5.74) is 10.9. The van der Waals surface area contributed by atoms with Crippen molar-refractivity contribution in [2.75, 3.05) is 18.0 Å². The van der Waals surface area contributed by atoms with Gasteiger partial charge in [0.15, 0.2) is 0 Å². The van der Waals surface area contributed by atoms with Crippen molar-refractivity contribution in [2.45, 2.75) is 45.8 Å². The molecule has 0 aliphatic rings. The summed E-state index contributed by atoms with van der Waals surface area (Å²) in [5.74, 6) is 0. The van der Waals surface area contributed by atoms with Gasteiger partial charge in [-0.3, -0.25) is 4.98 Å². The molecule has 0 bridgehead atoms. The van der Waals surface area contributed by atoms with Crippen LogP contribution >= 0.6 is 48.8 Å². The molecule has 178 valence electrons. The lowest BCUT2D eigenvalue weighted by molar-refractivity contribution is 0.322. The highest BCUT2D eigenvalue weighted by molar-refractivity contribution is 6.31. The Kier molecular flexibility index (Phi) is 12.9. The fourth-order valence-electron chi connectivity index (χ4n) is 3.66. The number of aromatic nitrogens is 1. The standard InChI is InChI=1S/C24H31ClN4.3ClH/c1-5-29(6-2)19-10-7-17(8-11-19)16-28-24(3,4)23(26)21-13-14-27-22-15-18(25)9-12-20(21)22;;;/h7-15,23,28H,5-6,16,26H2,1-4H3;3*1H. The highest BCUT2D eigenvalue weighted by Gasteiger charge is 2.28. The van der Waals surface area contributed by atoms with E-state index in [1.54, 1.807) is 6.20 Å². The Labute approximate surface area is 215 Å². The molecule has 1 aromatic heterocycles. The van der Waals surface area contributed by atoms with E-state index in [0.29, 0.717) is 5.02 Å². The zero-order valence-electron chi connectivity index (χ0n) is 19.0. The Morgan fingerprint density at radius 1 is 1.00 bits per heavy atom. The first-order valence-corrected chi connectivity index (χ1v) is 10.6. The maximum atomic E-state index is 6.71. The lowest BCUT2D eigenvalue weighted by Crippen LogP contribution is -2.48. The molecule has 1 atom stereocenters. The van der Waals surface area contributed by atoms with Crippen molar-refractivity contribution in [3.05, 3.63) is 70.9 Å². The Bertz CT molecular complexity index is 960. The average Bonchev–Trinajstić information content (AvgIpc) is 2.73. The normalized spacial score (nSPS) is 11.7. The predicted octanol–water partition coefficient (Wildman–Crippen LogP) is 6.57. The fraction of sp³-hybridized carbons (Fsp3) is 0.375. The van der Waals surface area contributed by atoms with Crippen molar-refractivity contribution in [1.29, 1.82) is 0 Å². The van der Waals surface area contributed by atoms with Gasteiger partial charge in [-0.1, -0.05) is 29.8 Å². The second kappa shape index (κ2) is 13.4. The maximum Gasteiger partial charge on any atom is 0.0720 e. The number of benzene rings is 2. The third kappa shape index (κ3) is 7.11. The summed E-state index contributed by atoms with van der Waals surface area (Å²) in [4.78, 5) is 6.78. The zero-order valence-corrected chi connectivity index (χ0v) is 22.2. The van der Waals surface area contributed by atoms with E-state index >= 15 is 0 Å². The van der Waals surface area contributed by atoms with Gasteiger partial charge < -0.3 is 16.0 Å². The minimum atomic E-state index is -0.300. The van der Waals surface area contributed by atoms with Crippen molar-refractivity contribution >= 4 is 65.4 Å². The molecule has 0 amide bonds. The van der Waals surface area contributed by atoms with Gasteiger partial charge in [0.1, 0.15) is 0 Å². The molecule has 3 aromatic rings. The van der Waals surface area contributed by atoms with Crippen LogP contribution in [0.5, 0.6) is 0 Å². The van der Waals surface area contributed by atoms with Crippen LogP contribution in [0.1, 0.15) is 44.9 Å². The molecule has 1 heterocycles. The molecule has 0 spiro atoms. The van der Waals surface area contributed by atoms with Gasteiger partial charge in [0.2, 0.25) is 0 Å². The molecule has 0 aliphatic carbocycles. The van der Waals surface area contributed by atoms with Gasteiger partial charge in [-0.05, 0) is 69.2 Å².